The molecule has 0 bridgehead atoms. The first kappa shape index (κ1) is 28.3. The van der Waals surface area contributed by atoms with Crippen molar-refractivity contribution in [3.8, 4) is 0 Å². The summed E-state index contributed by atoms with van der Waals surface area (Å²) in [5, 5.41) is 4.39. The number of H-pyrrole nitrogens is 1. The van der Waals surface area contributed by atoms with Crippen LogP contribution < -0.4 is 5.32 Å². The number of fused-ring (bicyclic) bond motifs is 3. The van der Waals surface area contributed by atoms with E-state index in [4.69, 9.17) is 0 Å². The lowest BCUT2D eigenvalue weighted by Crippen LogP contribution is -2.44. The molecule has 1 aromatic heterocycles. The Hall–Kier alpha value is -3.81. The summed E-state index contributed by atoms with van der Waals surface area (Å²) in [5.41, 5.74) is 6.49. The van der Waals surface area contributed by atoms with Crippen LogP contribution in [0.4, 0.5) is 8.78 Å². The second-order valence-electron chi connectivity index (χ2n) is 11.9. The summed E-state index contributed by atoms with van der Waals surface area (Å²) in [6, 6.07) is 23.2. The van der Waals surface area contributed by atoms with Crippen LogP contribution in [0.15, 0.2) is 84.9 Å². The molecule has 42 heavy (non-hydrogen) atoms. The van der Waals surface area contributed by atoms with Gasteiger partial charge in [-0.2, -0.15) is 8.78 Å². The maximum Gasteiger partial charge on any atom is 0.294 e. The van der Waals surface area contributed by atoms with Gasteiger partial charge in [0.1, 0.15) is 0 Å². The topological polar surface area (TPSA) is 51.4 Å². The normalized spacial score (nSPS) is 16.8. The van der Waals surface area contributed by atoms with Gasteiger partial charge in [-0.25, -0.2) is 0 Å². The van der Waals surface area contributed by atoms with E-state index in [0.717, 1.165) is 68.5 Å². The van der Waals surface area contributed by atoms with Gasteiger partial charge in [0.05, 0.1) is 0 Å². The number of piperidine rings is 1. The number of nitrogens with one attached hydrogen (secondary N) is 2. The Morgan fingerprint density at radius 1 is 0.952 bits per heavy atom. The number of carbonyl (C=O) groups is 1. The Morgan fingerprint density at radius 2 is 1.64 bits per heavy atom. The molecule has 3 aromatic carbocycles. The van der Waals surface area contributed by atoms with Gasteiger partial charge in [-0.3, -0.25) is 14.6 Å². The molecule has 2 aliphatic rings. The highest BCUT2D eigenvalue weighted by Crippen LogP contribution is 2.34. The largest absolute Gasteiger partial charge is 0.358 e. The molecule has 0 saturated carbocycles. The SMILES string of the molecule is C=C(C)C(F)(F)c1ccc(CN2CCC(NC(=O)c3ccc4[nH]c5c(c4c3)CN(Cc3ccccc3)CC5)CC2)cc1. The Kier molecular flexibility index (Phi) is 7.97. The fourth-order valence-electron chi connectivity index (χ4n) is 6.22. The lowest BCUT2D eigenvalue weighted by molar-refractivity contribution is 0.0385. The predicted molar refractivity (Wildman–Crippen MR) is 163 cm³/mol. The first-order chi connectivity index (χ1) is 20.3. The molecule has 2 N–H and O–H groups in total. The molecular formula is C35H38F2N4O. The van der Waals surface area contributed by atoms with Crippen LogP contribution in [0, 0.1) is 0 Å². The molecule has 218 valence electrons. The van der Waals surface area contributed by atoms with Crippen LogP contribution in [0.5, 0.6) is 0 Å². The summed E-state index contributed by atoms with van der Waals surface area (Å²) in [6.07, 6.45) is 2.68. The van der Waals surface area contributed by atoms with E-state index in [2.05, 4.69) is 50.9 Å². The second-order valence-corrected chi connectivity index (χ2v) is 11.9. The number of nitrogens with zero attached hydrogens (tertiary/aromatic N) is 2. The van der Waals surface area contributed by atoms with Crippen molar-refractivity contribution in [3.05, 3.63) is 118 Å². The van der Waals surface area contributed by atoms with Crippen molar-refractivity contribution < 1.29 is 13.6 Å². The lowest BCUT2D eigenvalue weighted by Gasteiger charge is -2.32. The van der Waals surface area contributed by atoms with Crippen molar-refractivity contribution in [2.75, 3.05) is 19.6 Å². The Balaban J connectivity index is 1.04. The van der Waals surface area contributed by atoms with Crippen molar-refractivity contribution in [1.82, 2.24) is 20.1 Å². The molecule has 0 aliphatic carbocycles. The molecule has 1 saturated heterocycles. The maximum atomic E-state index is 14.2. The summed E-state index contributed by atoms with van der Waals surface area (Å²) >= 11 is 0. The molecule has 0 unspecified atom stereocenters. The van der Waals surface area contributed by atoms with E-state index in [1.54, 1.807) is 12.1 Å². The van der Waals surface area contributed by atoms with Crippen LogP contribution in [0.3, 0.4) is 0 Å². The number of carbonyl (C=O) groups excluding carboxylic acids is 1. The van der Waals surface area contributed by atoms with Gasteiger partial charge in [0.15, 0.2) is 0 Å². The molecule has 6 rings (SSSR count). The molecule has 3 heterocycles. The standard InChI is InChI=1S/C35H38F2N4O/c1-24(2)35(36,37)28-11-8-26(9-12-28)21-40-17-14-29(15-18-40)38-34(42)27-10-13-32-30(20-27)31-23-41(19-16-33(31)39-32)22-25-6-4-3-5-7-25/h3-13,20,29,39H,1,14-19,21-23H2,2H3,(H,38,42). The highest BCUT2D eigenvalue weighted by molar-refractivity contribution is 5.99. The van der Waals surface area contributed by atoms with Crippen molar-refractivity contribution in [1.29, 1.82) is 0 Å². The van der Waals surface area contributed by atoms with E-state index >= 15 is 0 Å². The lowest BCUT2D eigenvalue weighted by atomic mass is 10.00. The minimum Gasteiger partial charge on any atom is -0.358 e. The number of rotatable bonds is 8. The van der Waals surface area contributed by atoms with Crippen molar-refractivity contribution >= 4 is 16.8 Å². The van der Waals surface area contributed by atoms with Gasteiger partial charge in [-0.15, -0.1) is 0 Å². The van der Waals surface area contributed by atoms with Crippen LogP contribution in [-0.4, -0.2) is 46.4 Å². The smallest absolute Gasteiger partial charge is 0.294 e. The number of allylic oxidation sites excluding steroid dienone is 1. The average Bonchev–Trinajstić information content (AvgIpc) is 3.36. The van der Waals surface area contributed by atoms with Gasteiger partial charge in [-0.1, -0.05) is 61.2 Å². The molecule has 5 nitrogen and oxygen atoms in total. The minimum absolute atomic E-state index is 0.0250. The van der Waals surface area contributed by atoms with Crippen LogP contribution in [0.2, 0.25) is 0 Å². The number of likely N-dealkylation sites (tertiary alicyclic amines) is 1. The fraction of sp³-hybridized carbons (Fsp3) is 0.343. The molecule has 4 aromatic rings. The summed E-state index contributed by atoms with van der Waals surface area (Å²) in [6.45, 7) is 9.96. The summed E-state index contributed by atoms with van der Waals surface area (Å²) < 4.78 is 28.4. The van der Waals surface area contributed by atoms with E-state index in [9.17, 15) is 13.6 Å². The highest BCUT2D eigenvalue weighted by atomic mass is 19.3. The molecule has 2 aliphatic heterocycles. The Labute approximate surface area is 246 Å². The first-order valence-electron chi connectivity index (χ1n) is 14.8. The number of halogens is 2. The number of aromatic nitrogens is 1. The maximum absolute atomic E-state index is 14.2. The first-order valence-corrected chi connectivity index (χ1v) is 14.8. The summed E-state index contributed by atoms with van der Waals surface area (Å²) in [5.74, 6) is -3.04. The predicted octanol–water partition coefficient (Wildman–Crippen LogP) is 6.79. The molecule has 0 spiro atoms. The van der Waals surface area contributed by atoms with E-state index in [1.165, 1.54) is 35.9 Å². The number of alkyl halides is 2. The number of aromatic amines is 1. The van der Waals surface area contributed by atoms with Crippen LogP contribution in [-0.2, 0) is 32.0 Å². The van der Waals surface area contributed by atoms with E-state index in [0.29, 0.717) is 12.1 Å². The van der Waals surface area contributed by atoms with Gasteiger partial charge in [0.2, 0.25) is 0 Å². The zero-order valence-corrected chi connectivity index (χ0v) is 24.1. The fourth-order valence-corrected chi connectivity index (χ4v) is 6.22. The highest BCUT2D eigenvalue weighted by Gasteiger charge is 2.32. The van der Waals surface area contributed by atoms with E-state index in [-0.39, 0.29) is 23.1 Å². The molecule has 1 amide bonds. The van der Waals surface area contributed by atoms with E-state index in [1.807, 2.05) is 24.3 Å². The number of benzene rings is 3. The van der Waals surface area contributed by atoms with Crippen LogP contribution in [0.1, 0.15) is 58.1 Å². The van der Waals surface area contributed by atoms with Crippen molar-refractivity contribution in [3.63, 3.8) is 0 Å². The minimum atomic E-state index is -3.01. The Morgan fingerprint density at radius 3 is 2.36 bits per heavy atom. The van der Waals surface area contributed by atoms with Gasteiger partial charge in [-0.05, 0) is 60.2 Å². The van der Waals surface area contributed by atoms with Crippen molar-refractivity contribution in [2.24, 2.45) is 0 Å². The van der Waals surface area contributed by atoms with E-state index < -0.39 is 5.92 Å². The van der Waals surface area contributed by atoms with Gasteiger partial charge >= 0.3 is 0 Å². The van der Waals surface area contributed by atoms with Crippen LogP contribution in [0.25, 0.3) is 10.9 Å². The van der Waals surface area contributed by atoms with Crippen molar-refractivity contribution in [2.45, 2.75) is 57.8 Å². The second kappa shape index (κ2) is 11.8. The number of hydrogen-bond donors (Lipinski definition) is 2. The summed E-state index contributed by atoms with van der Waals surface area (Å²) in [7, 11) is 0. The monoisotopic (exact) mass is 568 g/mol. The third kappa shape index (κ3) is 6.03. The van der Waals surface area contributed by atoms with Gasteiger partial charge in [0, 0.05) is 79.5 Å². The molecular weight excluding hydrogens is 530 g/mol. The summed E-state index contributed by atoms with van der Waals surface area (Å²) in [4.78, 5) is 21.6. The quantitative estimate of drug-likeness (QED) is 0.230. The molecule has 1 fully saturated rings. The molecule has 0 radical (unpaired) electrons. The number of amides is 1. The van der Waals surface area contributed by atoms with Gasteiger partial charge in [0.25, 0.3) is 11.8 Å². The molecule has 0 atom stereocenters. The number of hydrogen-bond acceptors (Lipinski definition) is 3. The third-order valence-corrected chi connectivity index (χ3v) is 8.75. The average molecular weight is 569 g/mol. The Bertz CT molecular complexity index is 1570. The third-order valence-electron chi connectivity index (χ3n) is 8.75. The van der Waals surface area contributed by atoms with Crippen LogP contribution >= 0.6 is 0 Å². The zero-order chi connectivity index (χ0) is 29.3. The molecule has 7 heteroatoms. The van der Waals surface area contributed by atoms with Gasteiger partial charge < -0.3 is 10.3 Å². The zero-order valence-electron chi connectivity index (χ0n) is 24.1.